The van der Waals surface area contributed by atoms with Gasteiger partial charge in [0.2, 0.25) is 4.77 Å². The Morgan fingerprint density at radius 1 is 1.33 bits per heavy atom. The van der Waals surface area contributed by atoms with Crippen molar-refractivity contribution >= 4 is 29.8 Å². The van der Waals surface area contributed by atoms with Crippen LogP contribution in [0.25, 0.3) is 11.4 Å². The van der Waals surface area contributed by atoms with Gasteiger partial charge in [-0.15, -0.1) is 11.3 Å². The van der Waals surface area contributed by atoms with E-state index < -0.39 is 0 Å². The lowest BCUT2D eigenvalue weighted by Gasteiger charge is -2.02. The number of aromatic nitrogens is 3. The van der Waals surface area contributed by atoms with Crippen molar-refractivity contribution in [1.82, 2.24) is 14.9 Å². The predicted octanol–water partition coefficient (Wildman–Crippen LogP) is 3.56. The van der Waals surface area contributed by atoms with E-state index in [1.54, 1.807) is 29.3 Å². The molecule has 5 nitrogen and oxygen atoms in total. The molecule has 0 atom stereocenters. The Morgan fingerprint density at radius 2 is 2.14 bits per heavy atom. The first-order valence-electron chi connectivity index (χ1n) is 6.17. The Morgan fingerprint density at radius 3 is 2.81 bits per heavy atom. The molecule has 0 radical (unpaired) electrons. The van der Waals surface area contributed by atoms with Gasteiger partial charge in [0.25, 0.3) is 0 Å². The zero-order valence-corrected chi connectivity index (χ0v) is 12.8. The van der Waals surface area contributed by atoms with E-state index in [1.807, 2.05) is 41.8 Å². The quantitative estimate of drug-likeness (QED) is 0.591. The van der Waals surface area contributed by atoms with Crippen molar-refractivity contribution in [3.8, 4) is 17.1 Å². The highest BCUT2D eigenvalue weighted by Gasteiger charge is 2.08. The fraction of sp³-hybridized carbons (Fsp3) is 0.0714. The number of ether oxygens (including phenoxy) is 1. The van der Waals surface area contributed by atoms with Crippen LogP contribution >= 0.6 is 23.6 Å². The standard InChI is InChI=1S/C14H12N4OS2/c1-19-11-6-4-10(5-7-11)13-16-17-14(20)18(13)15-9-12-3-2-8-21-12/h2-9H,1H3,(H,17,20)/b15-9+. The summed E-state index contributed by atoms with van der Waals surface area (Å²) in [5, 5.41) is 13.4. The van der Waals surface area contributed by atoms with Crippen molar-refractivity contribution in [2.75, 3.05) is 7.11 Å². The van der Waals surface area contributed by atoms with Crippen molar-refractivity contribution in [1.29, 1.82) is 0 Å². The SMILES string of the molecule is COc1ccc(-c2n[nH]c(=S)n2/N=C/c2cccs2)cc1. The average Bonchev–Trinajstić information content (AvgIpc) is 3.15. The first-order chi connectivity index (χ1) is 10.3. The summed E-state index contributed by atoms with van der Waals surface area (Å²) in [5.74, 6) is 1.46. The Labute approximate surface area is 130 Å². The third-order valence-corrected chi connectivity index (χ3v) is 3.91. The Bertz CT molecular complexity index is 800. The molecule has 3 rings (SSSR count). The van der Waals surface area contributed by atoms with Gasteiger partial charge in [-0.3, -0.25) is 0 Å². The van der Waals surface area contributed by atoms with Crippen molar-refractivity contribution < 1.29 is 4.74 Å². The van der Waals surface area contributed by atoms with Gasteiger partial charge in [-0.1, -0.05) is 6.07 Å². The van der Waals surface area contributed by atoms with Crippen LogP contribution in [-0.2, 0) is 0 Å². The molecule has 0 saturated heterocycles. The number of aromatic amines is 1. The van der Waals surface area contributed by atoms with Gasteiger partial charge in [0.1, 0.15) is 5.75 Å². The van der Waals surface area contributed by atoms with E-state index in [4.69, 9.17) is 17.0 Å². The number of benzene rings is 1. The molecule has 2 heterocycles. The zero-order chi connectivity index (χ0) is 14.7. The number of methoxy groups -OCH3 is 1. The van der Waals surface area contributed by atoms with Crippen LogP contribution < -0.4 is 4.74 Å². The minimum absolute atomic E-state index is 0.452. The molecule has 1 aromatic carbocycles. The molecule has 0 aliphatic carbocycles. The van der Waals surface area contributed by atoms with Crippen LogP contribution in [0.5, 0.6) is 5.75 Å². The normalized spacial score (nSPS) is 11.1. The highest BCUT2D eigenvalue weighted by molar-refractivity contribution is 7.71. The summed E-state index contributed by atoms with van der Waals surface area (Å²) in [4.78, 5) is 1.05. The van der Waals surface area contributed by atoms with Crippen molar-refractivity contribution in [3.05, 3.63) is 51.4 Å². The Kier molecular flexibility index (Phi) is 3.94. The van der Waals surface area contributed by atoms with Crippen LogP contribution in [0.3, 0.4) is 0 Å². The van der Waals surface area contributed by atoms with E-state index in [1.165, 1.54) is 0 Å². The van der Waals surface area contributed by atoms with Gasteiger partial charge in [0.15, 0.2) is 5.82 Å². The average molecular weight is 316 g/mol. The molecule has 2 aromatic heterocycles. The molecule has 1 N–H and O–H groups in total. The number of nitrogens with one attached hydrogen (secondary N) is 1. The second kappa shape index (κ2) is 6.02. The number of H-pyrrole nitrogens is 1. The molecule has 0 fully saturated rings. The molecule has 7 heteroatoms. The summed E-state index contributed by atoms with van der Waals surface area (Å²) in [6.07, 6.45) is 1.77. The van der Waals surface area contributed by atoms with Crippen molar-refractivity contribution in [3.63, 3.8) is 0 Å². The lowest BCUT2D eigenvalue weighted by Crippen LogP contribution is -1.94. The fourth-order valence-electron chi connectivity index (χ4n) is 1.81. The zero-order valence-electron chi connectivity index (χ0n) is 11.2. The van der Waals surface area contributed by atoms with Crippen LogP contribution in [0.2, 0.25) is 0 Å². The number of thiophene rings is 1. The van der Waals surface area contributed by atoms with Gasteiger partial charge >= 0.3 is 0 Å². The molecular formula is C14H12N4OS2. The summed E-state index contributed by atoms with van der Waals surface area (Å²) >= 11 is 6.84. The molecule has 0 amide bonds. The topological polar surface area (TPSA) is 55.2 Å². The van der Waals surface area contributed by atoms with Gasteiger partial charge in [-0.2, -0.15) is 14.9 Å². The molecular weight excluding hydrogens is 304 g/mol. The predicted molar refractivity (Wildman–Crippen MR) is 86.7 cm³/mol. The minimum atomic E-state index is 0.452. The van der Waals surface area contributed by atoms with Gasteiger partial charge in [0.05, 0.1) is 13.3 Å². The third-order valence-electron chi connectivity index (χ3n) is 2.84. The lowest BCUT2D eigenvalue weighted by molar-refractivity contribution is 0.415. The number of nitrogens with zero attached hydrogens (tertiary/aromatic N) is 3. The largest absolute Gasteiger partial charge is 0.497 e. The van der Waals surface area contributed by atoms with E-state index in [0.29, 0.717) is 10.6 Å². The minimum Gasteiger partial charge on any atom is -0.497 e. The van der Waals surface area contributed by atoms with E-state index >= 15 is 0 Å². The smallest absolute Gasteiger partial charge is 0.216 e. The summed E-state index contributed by atoms with van der Waals surface area (Å²) < 4.78 is 7.21. The van der Waals surface area contributed by atoms with Crippen molar-refractivity contribution in [2.24, 2.45) is 5.10 Å². The van der Waals surface area contributed by atoms with Crippen LogP contribution in [0.15, 0.2) is 46.9 Å². The molecule has 21 heavy (non-hydrogen) atoms. The van der Waals surface area contributed by atoms with E-state index in [0.717, 1.165) is 16.2 Å². The maximum atomic E-state index is 5.23. The molecule has 0 aliphatic rings. The van der Waals surface area contributed by atoms with Crippen LogP contribution in [-0.4, -0.2) is 28.2 Å². The third kappa shape index (κ3) is 2.93. The highest BCUT2D eigenvalue weighted by atomic mass is 32.1. The molecule has 3 aromatic rings. The molecule has 0 unspecified atom stereocenters. The second-order valence-electron chi connectivity index (χ2n) is 4.15. The number of hydrogen-bond donors (Lipinski definition) is 1. The Hall–Kier alpha value is -2.25. The molecule has 106 valence electrons. The highest BCUT2D eigenvalue weighted by Crippen LogP contribution is 2.20. The first kappa shape index (κ1) is 13.7. The van der Waals surface area contributed by atoms with Crippen LogP contribution in [0.1, 0.15) is 4.88 Å². The van der Waals surface area contributed by atoms with E-state index in [2.05, 4.69) is 15.3 Å². The van der Waals surface area contributed by atoms with Gasteiger partial charge in [-0.05, 0) is 47.9 Å². The summed E-state index contributed by atoms with van der Waals surface area (Å²) in [5.41, 5.74) is 0.909. The lowest BCUT2D eigenvalue weighted by atomic mass is 10.2. The number of rotatable bonds is 4. The molecule has 0 bridgehead atoms. The monoisotopic (exact) mass is 316 g/mol. The van der Waals surface area contributed by atoms with Gasteiger partial charge in [-0.25, -0.2) is 5.10 Å². The summed E-state index contributed by atoms with van der Waals surface area (Å²) in [6.45, 7) is 0. The molecule has 0 saturated carbocycles. The van der Waals surface area contributed by atoms with E-state index in [-0.39, 0.29) is 0 Å². The van der Waals surface area contributed by atoms with Crippen LogP contribution in [0, 0.1) is 4.77 Å². The number of hydrogen-bond acceptors (Lipinski definition) is 5. The van der Waals surface area contributed by atoms with Crippen LogP contribution in [0.4, 0.5) is 0 Å². The van der Waals surface area contributed by atoms with Crippen molar-refractivity contribution in [2.45, 2.75) is 0 Å². The van der Waals surface area contributed by atoms with Gasteiger partial charge in [0, 0.05) is 10.4 Å². The second-order valence-corrected chi connectivity index (χ2v) is 5.52. The van der Waals surface area contributed by atoms with Gasteiger partial charge < -0.3 is 4.74 Å². The van der Waals surface area contributed by atoms with E-state index in [9.17, 15) is 0 Å². The fourth-order valence-corrected chi connectivity index (χ4v) is 2.56. The summed E-state index contributed by atoms with van der Waals surface area (Å²) in [7, 11) is 1.64. The first-order valence-corrected chi connectivity index (χ1v) is 7.46. The molecule has 0 spiro atoms. The maximum Gasteiger partial charge on any atom is 0.216 e. The maximum absolute atomic E-state index is 5.23. The molecule has 0 aliphatic heterocycles. The summed E-state index contributed by atoms with van der Waals surface area (Å²) in [6, 6.07) is 11.6. The Balaban J connectivity index is 1.98.